The molecule has 0 saturated carbocycles. The first-order valence-electron chi connectivity index (χ1n) is 10.8. The Labute approximate surface area is 214 Å². The second kappa shape index (κ2) is 10.7. The second-order valence-electron chi connectivity index (χ2n) is 8.12. The molecule has 7 nitrogen and oxygen atoms in total. The van der Waals surface area contributed by atoms with Gasteiger partial charge in [-0.2, -0.15) is 8.78 Å². The van der Waals surface area contributed by atoms with Gasteiger partial charge in [-0.25, -0.2) is 17.2 Å². The molecular weight excluding hydrogens is 542 g/mol. The van der Waals surface area contributed by atoms with Gasteiger partial charge in [-0.15, -0.1) is 0 Å². The summed E-state index contributed by atoms with van der Waals surface area (Å²) in [4.78, 5) is -0.361. The monoisotopic (exact) mass is 561 g/mol. The summed E-state index contributed by atoms with van der Waals surface area (Å²) in [6.45, 7) is -3.45. The number of rotatable bonds is 8. The highest BCUT2D eigenvalue weighted by molar-refractivity contribution is 7.92. The van der Waals surface area contributed by atoms with Crippen LogP contribution in [0, 0.1) is 11.6 Å². The van der Waals surface area contributed by atoms with Crippen LogP contribution in [0.5, 0.6) is 11.5 Å². The molecule has 1 heterocycles. The molecule has 13 heteroatoms. The molecule has 0 fully saturated rings. The van der Waals surface area contributed by atoms with Crippen LogP contribution in [0.3, 0.4) is 0 Å². The third-order valence-electron chi connectivity index (χ3n) is 5.56. The molecule has 0 spiro atoms. The first-order chi connectivity index (χ1) is 17.5. The summed E-state index contributed by atoms with van der Waals surface area (Å²) in [6.07, 6.45) is -2.49. The van der Waals surface area contributed by atoms with Crippen LogP contribution in [-0.4, -0.2) is 44.2 Å². The number of aliphatic hydroxyl groups is 2. The standard InChI is InChI=1S/C24H20ClF4NO6S/c25-23-18(9-14(26)10-19(23)27)13-4-6-21-20(8-13)30(12-16(35-21)5-7-22(31)32)37(33,34)17-3-1-2-15(11-17)36-24(28)29/h1-4,6,8-11,16,22,24,31-32H,5,7,12H2/t16-/m0/s1. The number of benzene rings is 3. The molecule has 1 atom stereocenters. The van der Waals surface area contributed by atoms with Gasteiger partial charge in [0, 0.05) is 24.1 Å². The van der Waals surface area contributed by atoms with Crippen molar-refractivity contribution in [3.8, 4) is 22.6 Å². The van der Waals surface area contributed by atoms with Gasteiger partial charge in [-0.05, 0) is 42.3 Å². The number of fused-ring (bicyclic) bond motifs is 1. The number of ether oxygens (including phenoxy) is 2. The average molecular weight is 562 g/mol. The predicted octanol–water partition coefficient (Wildman–Crippen LogP) is 4.93. The molecule has 3 aromatic rings. The van der Waals surface area contributed by atoms with E-state index in [0.29, 0.717) is 6.07 Å². The fourth-order valence-electron chi connectivity index (χ4n) is 3.90. The molecule has 0 aliphatic carbocycles. The van der Waals surface area contributed by atoms with Gasteiger partial charge in [0.2, 0.25) is 0 Å². The van der Waals surface area contributed by atoms with E-state index in [1.807, 2.05) is 0 Å². The van der Waals surface area contributed by atoms with Gasteiger partial charge in [0.05, 0.1) is 22.2 Å². The van der Waals surface area contributed by atoms with E-state index in [1.54, 1.807) is 0 Å². The Morgan fingerprint density at radius 3 is 2.57 bits per heavy atom. The van der Waals surface area contributed by atoms with Gasteiger partial charge in [0.15, 0.2) is 6.29 Å². The molecule has 0 saturated heterocycles. The lowest BCUT2D eigenvalue weighted by molar-refractivity contribution is -0.0518. The topological polar surface area (TPSA) is 96.3 Å². The molecular formula is C24H20ClF4NO6S. The van der Waals surface area contributed by atoms with E-state index in [4.69, 9.17) is 16.3 Å². The molecule has 0 unspecified atom stereocenters. The van der Waals surface area contributed by atoms with Crippen LogP contribution in [0.1, 0.15) is 12.8 Å². The highest BCUT2D eigenvalue weighted by Crippen LogP contribution is 2.42. The number of sulfonamides is 1. The van der Waals surface area contributed by atoms with Gasteiger partial charge in [0.25, 0.3) is 10.0 Å². The van der Waals surface area contributed by atoms with Crippen molar-refractivity contribution in [3.05, 3.63) is 71.3 Å². The van der Waals surface area contributed by atoms with Crippen molar-refractivity contribution in [2.24, 2.45) is 0 Å². The third-order valence-corrected chi connectivity index (χ3v) is 7.72. The van der Waals surface area contributed by atoms with E-state index in [-0.39, 0.29) is 57.6 Å². The third kappa shape index (κ3) is 5.93. The van der Waals surface area contributed by atoms with Crippen LogP contribution in [-0.2, 0) is 10.0 Å². The fourth-order valence-corrected chi connectivity index (χ4v) is 5.65. The van der Waals surface area contributed by atoms with Crippen molar-refractivity contribution in [2.45, 2.75) is 36.7 Å². The summed E-state index contributed by atoms with van der Waals surface area (Å²) < 4.78 is 91.9. The summed E-state index contributed by atoms with van der Waals surface area (Å²) in [5.74, 6) is -2.19. The minimum Gasteiger partial charge on any atom is -0.486 e. The van der Waals surface area contributed by atoms with Gasteiger partial charge in [-0.3, -0.25) is 4.31 Å². The normalized spacial score (nSPS) is 15.6. The smallest absolute Gasteiger partial charge is 0.387 e. The van der Waals surface area contributed by atoms with Crippen LogP contribution in [0.15, 0.2) is 59.5 Å². The van der Waals surface area contributed by atoms with Gasteiger partial charge in [0.1, 0.15) is 29.2 Å². The van der Waals surface area contributed by atoms with Crippen LogP contribution >= 0.6 is 11.6 Å². The molecule has 1 aliphatic rings. The molecule has 0 radical (unpaired) electrons. The highest BCUT2D eigenvalue weighted by Gasteiger charge is 2.35. The lowest BCUT2D eigenvalue weighted by Gasteiger charge is -2.36. The number of hydrogen-bond acceptors (Lipinski definition) is 6. The number of alkyl halides is 2. The van der Waals surface area contributed by atoms with E-state index in [2.05, 4.69) is 4.74 Å². The lowest BCUT2D eigenvalue weighted by Crippen LogP contribution is -2.43. The summed E-state index contributed by atoms with van der Waals surface area (Å²) in [5.41, 5.74) is 0.154. The van der Waals surface area contributed by atoms with Crippen molar-refractivity contribution in [2.75, 3.05) is 10.8 Å². The summed E-state index contributed by atoms with van der Waals surface area (Å²) in [5, 5.41) is 18.1. The molecule has 2 N–H and O–H groups in total. The van der Waals surface area contributed by atoms with Crippen molar-refractivity contribution >= 4 is 27.3 Å². The van der Waals surface area contributed by atoms with E-state index in [1.165, 1.54) is 36.4 Å². The zero-order valence-electron chi connectivity index (χ0n) is 18.8. The van der Waals surface area contributed by atoms with E-state index in [0.717, 1.165) is 16.4 Å². The van der Waals surface area contributed by atoms with Crippen LogP contribution in [0.25, 0.3) is 11.1 Å². The van der Waals surface area contributed by atoms with Crippen LogP contribution in [0.2, 0.25) is 5.02 Å². The molecule has 0 amide bonds. The van der Waals surface area contributed by atoms with Gasteiger partial charge in [-0.1, -0.05) is 23.7 Å². The molecule has 0 aromatic heterocycles. The molecule has 198 valence electrons. The van der Waals surface area contributed by atoms with Crippen molar-refractivity contribution < 1.29 is 45.7 Å². The zero-order valence-corrected chi connectivity index (χ0v) is 20.4. The number of aliphatic hydroxyl groups excluding tert-OH is 1. The number of nitrogens with zero attached hydrogens (tertiary/aromatic N) is 1. The Bertz CT molecular complexity index is 1410. The number of anilines is 1. The summed E-state index contributed by atoms with van der Waals surface area (Å²) >= 11 is 6.03. The maximum atomic E-state index is 14.1. The second-order valence-corrected chi connectivity index (χ2v) is 10.4. The Balaban J connectivity index is 1.81. The molecule has 1 aliphatic heterocycles. The quantitative estimate of drug-likeness (QED) is 0.230. The predicted molar refractivity (Wildman–Crippen MR) is 126 cm³/mol. The van der Waals surface area contributed by atoms with Gasteiger partial charge >= 0.3 is 6.61 Å². The Morgan fingerprint density at radius 1 is 1.11 bits per heavy atom. The van der Waals surface area contributed by atoms with Crippen molar-refractivity contribution in [3.63, 3.8) is 0 Å². The van der Waals surface area contributed by atoms with E-state index in [9.17, 15) is 36.2 Å². The minimum atomic E-state index is -4.41. The maximum absolute atomic E-state index is 14.1. The largest absolute Gasteiger partial charge is 0.486 e. The molecule has 37 heavy (non-hydrogen) atoms. The van der Waals surface area contributed by atoms with Crippen molar-refractivity contribution in [1.29, 1.82) is 0 Å². The summed E-state index contributed by atoms with van der Waals surface area (Å²) in [7, 11) is -4.41. The average Bonchev–Trinajstić information content (AvgIpc) is 2.83. The first-order valence-corrected chi connectivity index (χ1v) is 12.7. The fraction of sp³-hybridized carbons (Fsp3) is 0.250. The Hall–Kier alpha value is -3.06. The zero-order chi connectivity index (χ0) is 26.9. The Kier molecular flexibility index (Phi) is 7.83. The molecule has 4 rings (SSSR count). The van der Waals surface area contributed by atoms with E-state index >= 15 is 0 Å². The lowest BCUT2D eigenvalue weighted by atomic mass is 10.0. The Morgan fingerprint density at radius 2 is 1.86 bits per heavy atom. The minimum absolute atomic E-state index is 0.000728. The first kappa shape index (κ1) is 27.0. The maximum Gasteiger partial charge on any atom is 0.387 e. The number of hydrogen-bond donors (Lipinski definition) is 2. The van der Waals surface area contributed by atoms with Crippen LogP contribution < -0.4 is 13.8 Å². The van der Waals surface area contributed by atoms with E-state index < -0.39 is 40.7 Å². The van der Waals surface area contributed by atoms with Crippen molar-refractivity contribution in [1.82, 2.24) is 0 Å². The number of halogens is 5. The molecule has 3 aromatic carbocycles. The van der Waals surface area contributed by atoms with Gasteiger partial charge < -0.3 is 19.7 Å². The SMILES string of the molecule is O=S(=O)(c1cccc(OC(F)F)c1)N1C[C@H](CCC(O)O)Oc2ccc(-c3cc(F)cc(F)c3Cl)cc21. The highest BCUT2D eigenvalue weighted by atomic mass is 35.5. The van der Waals surface area contributed by atoms with Crippen LogP contribution in [0.4, 0.5) is 23.2 Å². The molecule has 0 bridgehead atoms. The summed E-state index contributed by atoms with van der Waals surface area (Å²) in [6, 6.07) is 10.3.